The highest BCUT2D eigenvalue weighted by molar-refractivity contribution is 9.10. The van der Waals surface area contributed by atoms with Crippen LogP contribution < -0.4 is 11.1 Å². The molecule has 2 rings (SSSR count). The summed E-state index contributed by atoms with van der Waals surface area (Å²) in [4.78, 5) is 0. The predicted octanol–water partition coefficient (Wildman–Crippen LogP) is 5.76. The summed E-state index contributed by atoms with van der Waals surface area (Å²) in [6.07, 6.45) is -4.50. The van der Waals surface area contributed by atoms with Crippen molar-refractivity contribution in [2.75, 3.05) is 11.1 Å². The van der Waals surface area contributed by atoms with Crippen LogP contribution in [0.25, 0.3) is 0 Å². The summed E-state index contributed by atoms with van der Waals surface area (Å²) in [7, 11) is 0. The molecule has 0 fully saturated rings. The van der Waals surface area contributed by atoms with Gasteiger partial charge in [0, 0.05) is 15.2 Å². The number of nitrogens with one attached hydrogen (secondary N) is 1. The Balaban J connectivity index is 2.47. The van der Waals surface area contributed by atoms with Crippen molar-refractivity contribution in [2.45, 2.75) is 13.1 Å². The van der Waals surface area contributed by atoms with Gasteiger partial charge in [-0.3, -0.25) is 0 Å². The molecule has 0 radical (unpaired) electrons. The molecule has 2 nitrogen and oxygen atoms in total. The molecule has 0 saturated heterocycles. The first-order chi connectivity index (χ1) is 9.68. The lowest BCUT2D eigenvalue weighted by Crippen LogP contribution is -2.09. The Labute approximate surface area is 133 Å². The first-order valence-electron chi connectivity index (χ1n) is 5.88. The highest BCUT2D eigenvalue weighted by atomic mass is 79.9. The molecule has 0 aliphatic heterocycles. The minimum atomic E-state index is -4.50. The Morgan fingerprint density at radius 3 is 2.43 bits per heavy atom. The van der Waals surface area contributed by atoms with Crippen LogP contribution in [-0.4, -0.2) is 0 Å². The first kappa shape index (κ1) is 16.0. The van der Waals surface area contributed by atoms with E-state index in [-0.39, 0.29) is 10.7 Å². The van der Waals surface area contributed by atoms with Gasteiger partial charge < -0.3 is 11.1 Å². The molecule has 0 heterocycles. The number of hydrogen-bond acceptors (Lipinski definition) is 2. The van der Waals surface area contributed by atoms with Crippen molar-refractivity contribution in [3.63, 3.8) is 0 Å². The molecule has 0 aromatic heterocycles. The Morgan fingerprint density at radius 1 is 1.14 bits per heavy atom. The summed E-state index contributed by atoms with van der Waals surface area (Å²) in [5.41, 5.74) is 6.67. The Hall–Kier alpha value is -1.40. The molecule has 2 aromatic carbocycles. The first-order valence-corrected chi connectivity index (χ1v) is 7.05. The zero-order chi connectivity index (χ0) is 15.8. The van der Waals surface area contributed by atoms with Crippen molar-refractivity contribution in [3.05, 3.63) is 51.0 Å². The normalized spacial score (nSPS) is 11.5. The summed E-state index contributed by atoms with van der Waals surface area (Å²) in [6.45, 7) is 1.78. The zero-order valence-corrected chi connectivity index (χ0v) is 13.2. The molecule has 0 amide bonds. The highest BCUT2D eigenvalue weighted by Crippen LogP contribution is 2.39. The van der Waals surface area contributed by atoms with Gasteiger partial charge in [0.05, 0.1) is 16.9 Å². The monoisotopic (exact) mass is 378 g/mol. The summed E-state index contributed by atoms with van der Waals surface area (Å²) in [5, 5.41) is 2.79. The molecular weight excluding hydrogens is 369 g/mol. The lowest BCUT2D eigenvalue weighted by molar-refractivity contribution is -0.136. The van der Waals surface area contributed by atoms with E-state index in [1.807, 2.05) is 0 Å². The van der Waals surface area contributed by atoms with Crippen LogP contribution in [0, 0.1) is 6.92 Å². The predicted molar refractivity (Wildman–Crippen MR) is 83.0 cm³/mol. The molecule has 0 bridgehead atoms. The standard InChI is InChI=1S/C14H11BrClF3N2/c1-7-4-13(10(15)6-11(7)20)21-12-3-2-8(16)5-9(12)14(17,18)19/h2-6,21H,20H2,1H3. The molecule has 0 unspecified atom stereocenters. The van der Waals surface area contributed by atoms with E-state index in [1.54, 1.807) is 19.1 Å². The van der Waals surface area contributed by atoms with Crippen LogP contribution in [0.2, 0.25) is 5.02 Å². The Morgan fingerprint density at radius 2 is 1.81 bits per heavy atom. The number of benzene rings is 2. The van der Waals surface area contributed by atoms with Crippen LogP contribution >= 0.6 is 27.5 Å². The molecule has 0 atom stereocenters. The lowest BCUT2D eigenvalue weighted by Gasteiger charge is -2.16. The maximum atomic E-state index is 13.0. The molecule has 0 aliphatic rings. The maximum Gasteiger partial charge on any atom is 0.418 e. The molecule has 112 valence electrons. The molecule has 2 aromatic rings. The number of anilines is 3. The van der Waals surface area contributed by atoms with Gasteiger partial charge >= 0.3 is 6.18 Å². The fourth-order valence-corrected chi connectivity index (χ4v) is 2.43. The van der Waals surface area contributed by atoms with Gasteiger partial charge in [-0.15, -0.1) is 0 Å². The fourth-order valence-electron chi connectivity index (χ4n) is 1.80. The van der Waals surface area contributed by atoms with Gasteiger partial charge in [-0.1, -0.05) is 11.6 Å². The van der Waals surface area contributed by atoms with E-state index in [1.165, 1.54) is 12.1 Å². The van der Waals surface area contributed by atoms with Crippen LogP contribution in [-0.2, 0) is 6.18 Å². The van der Waals surface area contributed by atoms with Crippen LogP contribution in [0.3, 0.4) is 0 Å². The van der Waals surface area contributed by atoms with E-state index in [4.69, 9.17) is 17.3 Å². The highest BCUT2D eigenvalue weighted by Gasteiger charge is 2.34. The lowest BCUT2D eigenvalue weighted by atomic mass is 10.1. The molecule has 0 saturated carbocycles. The zero-order valence-electron chi connectivity index (χ0n) is 10.9. The number of alkyl halides is 3. The third-order valence-corrected chi connectivity index (χ3v) is 3.80. The fraction of sp³-hybridized carbons (Fsp3) is 0.143. The molecule has 7 heteroatoms. The van der Waals surface area contributed by atoms with E-state index < -0.39 is 11.7 Å². The van der Waals surface area contributed by atoms with Crippen molar-refractivity contribution < 1.29 is 13.2 Å². The quantitative estimate of drug-likeness (QED) is 0.651. The SMILES string of the molecule is Cc1cc(Nc2ccc(Cl)cc2C(F)(F)F)c(Br)cc1N. The van der Waals surface area contributed by atoms with Gasteiger partial charge in [0.15, 0.2) is 0 Å². The van der Waals surface area contributed by atoms with Crippen LogP contribution in [0.1, 0.15) is 11.1 Å². The van der Waals surface area contributed by atoms with Crippen LogP contribution in [0.15, 0.2) is 34.8 Å². The number of nitrogens with two attached hydrogens (primary N) is 1. The molecule has 3 N–H and O–H groups in total. The minimum absolute atomic E-state index is 0.0282. The average molecular weight is 380 g/mol. The van der Waals surface area contributed by atoms with E-state index in [0.717, 1.165) is 11.6 Å². The molecule has 21 heavy (non-hydrogen) atoms. The second-order valence-electron chi connectivity index (χ2n) is 4.50. The van der Waals surface area contributed by atoms with E-state index in [9.17, 15) is 13.2 Å². The summed E-state index contributed by atoms with van der Waals surface area (Å²) >= 11 is 8.93. The van der Waals surface area contributed by atoms with Gasteiger partial charge in [-0.25, -0.2) is 0 Å². The topological polar surface area (TPSA) is 38.0 Å². The van der Waals surface area contributed by atoms with Crippen LogP contribution in [0.5, 0.6) is 0 Å². The second kappa shape index (κ2) is 5.77. The molecule has 0 aliphatic carbocycles. The minimum Gasteiger partial charge on any atom is -0.398 e. The molecule has 0 spiro atoms. The summed E-state index contributed by atoms with van der Waals surface area (Å²) in [6, 6.07) is 6.90. The number of rotatable bonds is 2. The van der Waals surface area contributed by atoms with E-state index in [2.05, 4.69) is 21.2 Å². The number of hydrogen-bond donors (Lipinski definition) is 2. The van der Waals surface area contributed by atoms with Gasteiger partial charge in [-0.05, 0) is 58.7 Å². The second-order valence-corrected chi connectivity index (χ2v) is 5.79. The number of halogens is 5. The maximum absolute atomic E-state index is 13.0. The summed E-state index contributed by atoms with van der Waals surface area (Å²) < 4.78 is 39.7. The smallest absolute Gasteiger partial charge is 0.398 e. The van der Waals surface area contributed by atoms with Crippen molar-refractivity contribution in [3.8, 4) is 0 Å². The van der Waals surface area contributed by atoms with Gasteiger partial charge in [-0.2, -0.15) is 13.2 Å². The van der Waals surface area contributed by atoms with E-state index in [0.29, 0.717) is 15.8 Å². The van der Waals surface area contributed by atoms with Crippen molar-refractivity contribution in [2.24, 2.45) is 0 Å². The van der Waals surface area contributed by atoms with Crippen LogP contribution in [0.4, 0.5) is 30.2 Å². The van der Waals surface area contributed by atoms with Gasteiger partial charge in [0.1, 0.15) is 0 Å². The van der Waals surface area contributed by atoms with E-state index >= 15 is 0 Å². The largest absolute Gasteiger partial charge is 0.418 e. The number of aryl methyl sites for hydroxylation is 1. The molecular formula is C14H11BrClF3N2. The Kier molecular flexibility index (Phi) is 4.39. The third-order valence-electron chi connectivity index (χ3n) is 2.91. The van der Waals surface area contributed by atoms with Gasteiger partial charge in [0.25, 0.3) is 0 Å². The number of nitrogen functional groups attached to an aromatic ring is 1. The summed E-state index contributed by atoms with van der Waals surface area (Å²) in [5.74, 6) is 0. The van der Waals surface area contributed by atoms with Crippen molar-refractivity contribution in [1.82, 2.24) is 0 Å². The van der Waals surface area contributed by atoms with Gasteiger partial charge in [0.2, 0.25) is 0 Å². The average Bonchev–Trinajstić information content (AvgIpc) is 2.36. The Bertz CT molecular complexity index is 687. The van der Waals surface area contributed by atoms with Crippen molar-refractivity contribution in [1.29, 1.82) is 0 Å². The third kappa shape index (κ3) is 3.63. The van der Waals surface area contributed by atoms with Crippen molar-refractivity contribution >= 4 is 44.6 Å².